The van der Waals surface area contributed by atoms with E-state index in [9.17, 15) is 5.21 Å². The lowest BCUT2D eigenvalue weighted by Crippen LogP contribution is -2.25. The van der Waals surface area contributed by atoms with Gasteiger partial charge in [0.1, 0.15) is 5.76 Å². The van der Waals surface area contributed by atoms with Gasteiger partial charge in [-0.1, -0.05) is 5.73 Å². The van der Waals surface area contributed by atoms with Crippen molar-refractivity contribution < 1.29 is 4.74 Å². The molecule has 0 aliphatic carbocycles. The largest absolute Gasteiger partial charge is 0.756 e. The zero-order chi connectivity index (χ0) is 9.14. The summed E-state index contributed by atoms with van der Waals surface area (Å²) in [6.07, 6.45) is 3.29. The van der Waals surface area contributed by atoms with Crippen LogP contribution < -0.4 is 0 Å². The molecule has 0 unspecified atom stereocenters. The second-order valence-corrected chi connectivity index (χ2v) is 2.89. The van der Waals surface area contributed by atoms with E-state index < -0.39 is 0 Å². The molecule has 0 spiro atoms. The molecule has 0 bridgehead atoms. The number of rotatable bonds is 2. The van der Waals surface area contributed by atoms with Gasteiger partial charge in [-0.25, -0.2) is 0 Å². The zero-order valence-electron chi connectivity index (χ0n) is 7.50. The van der Waals surface area contributed by atoms with E-state index in [2.05, 4.69) is 5.73 Å². The molecular formula is C9H12NO2-. The Labute approximate surface area is 72.2 Å². The third-order valence-corrected chi connectivity index (χ3v) is 1.46. The minimum atomic E-state index is -0.101. The molecule has 0 amide bonds. The Hall–Kier alpha value is -1.18. The van der Waals surface area contributed by atoms with Gasteiger partial charge in [0.05, 0.1) is 0 Å². The maximum Gasteiger partial charge on any atom is 0.186 e. The van der Waals surface area contributed by atoms with E-state index in [1.54, 1.807) is 19.1 Å². The van der Waals surface area contributed by atoms with Crippen molar-refractivity contribution in [1.29, 1.82) is 0 Å². The lowest BCUT2D eigenvalue weighted by Gasteiger charge is -2.36. The third kappa shape index (κ3) is 1.91. The number of nitrogens with zero attached hydrogens (tertiary/aromatic N) is 1. The van der Waals surface area contributed by atoms with Gasteiger partial charge in [-0.3, -0.25) is 0 Å². The van der Waals surface area contributed by atoms with Crippen molar-refractivity contribution in [1.82, 2.24) is 5.06 Å². The van der Waals surface area contributed by atoms with Crippen LogP contribution in [0.5, 0.6) is 0 Å². The van der Waals surface area contributed by atoms with Crippen molar-refractivity contribution in [2.24, 2.45) is 0 Å². The number of ether oxygens (including phenoxy) is 1. The second-order valence-electron chi connectivity index (χ2n) is 2.89. The average molecular weight is 166 g/mol. The first-order valence-electron chi connectivity index (χ1n) is 3.89. The summed E-state index contributed by atoms with van der Waals surface area (Å²) < 4.78 is 5.16. The van der Waals surface area contributed by atoms with Crippen LogP contribution in [0.25, 0.3) is 0 Å². The van der Waals surface area contributed by atoms with Gasteiger partial charge in [-0.05, 0) is 19.9 Å². The van der Waals surface area contributed by atoms with Crippen LogP contribution in [0.15, 0.2) is 29.5 Å². The van der Waals surface area contributed by atoms with Gasteiger partial charge in [0, 0.05) is 19.0 Å². The third-order valence-electron chi connectivity index (χ3n) is 1.46. The van der Waals surface area contributed by atoms with Gasteiger partial charge < -0.3 is 15.0 Å². The lowest BCUT2D eigenvalue weighted by molar-refractivity contribution is 0.178. The Balaban J connectivity index is 2.69. The topological polar surface area (TPSA) is 35.5 Å². The highest BCUT2D eigenvalue weighted by Crippen LogP contribution is 2.15. The predicted molar refractivity (Wildman–Crippen MR) is 46.8 cm³/mol. The van der Waals surface area contributed by atoms with Crippen molar-refractivity contribution in [2.45, 2.75) is 26.8 Å². The van der Waals surface area contributed by atoms with Crippen LogP contribution in [0.4, 0.5) is 0 Å². The Morgan fingerprint density at radius 1 is 1.58 bits per heavy atom. The van der Waals surface area contributed by atoms with E-state index in [1.165, 1.54) is 0 Å². The molecule has 12 heavy (non-hydrogen) atoms. The van der Waals surface area contributed by atoms with Crippen LogP contribution in [0.3, 0.4) is 0 Å². The van der Waals surface area contributed by atoms with Gasteiger partial charge in [-0.15, -0.1) is 0 Å². The van der Waals surface area contributed by atoms with Gasteiger partial charge in [0.25, 0.3) is 0 Å². The fourth-order valence-electron chi connectivity index (χ4n) is 0.824. The molecule has 0 fully saturated rings. The molecule has 0 N–H and O–H groups in total. The molecule has 0 radical (unpaired) electrons. The molecule has 3 heteroatoms. The fraction of sp³-hybridized carbons (Fsp3) is 0.444. The molecule has 0 saturated heterocycles. The molecular weight excluding hydrogens is 154 g/mol. The van der Waals surface area contributed by atoms with Crippen LogP contribution in [-0.2, 0) is 4.74 Å². The van der Waals surface area contributed by atoms with E-state index >= 15 is 0 Å². The van der Waals surface area contributed by atoms with Crippen molar-refractivity contribution >= 4 is 0 Å². The molecule has 0 saturated carbocycles. The Morgan fingerprint density at radius 3 is 2.75 bits per heavy atom. The maximum atomic E-state index is 11.3. The van der Waals surface area contributed by atoms with Crippen molar-refractivity contribution in [3.63, 3.8) is 0 Å². The van der Waals surface area contributed by atoms with E-state index in [1.807, 2.05) is 13.8 Å². The summed E-state index contributed by atoms with van der Waals surface area (Å²) in [6.45, 7) is 5.39. The highest BCUT2D eigenvalue weighted by Gasteiger charge is 2.06. The summed E-state index contributed by atoms with van der Waals surface area (Å²) in [5.74, 6) is 0.954. The molecule has 1 heterocycles. The van der Waals surface area contributed by atoms with E-state index in [0.717, 1.165) is 5.06 Å². The molecule has 0 aromatic rings. The van der Waals surface area contributed by atoms with Crippen LogP contribution in [0.1, 0.15) is 20.8 Å². The molecule has 66 valence electrons. The summed E-state index contributed by atoms with van der Waals surface area (Å²) in [5, 5.41) is 12.1. The molecule has 0 aromatic heterocycles. The first kappa shape index (κ1) is 8.91. The minimum Gasteiger partial charge on any atom is -0.756 e. The molecule has 3 nitrogen and oxygen atoms in total. The van der Waals surface area contributed by atoms with Gasteiger partial charge in [0.2, 0.25) is 0 Å². The minimum absolute atomic E-state index is 0.101. The first-order chi connectivity index (χ1) is 5.61. The lowest BCUT2D eigenvalue weighted by atomic mass is 10.3. The summed E-state index contributed by atoms with van der Waals surface area (Å²) in [6, 6.07) is -0.101. The summed E-state index contributed by atoms with van der Waals surface area (Å²) >= 11 is 0. The molecule has 0 atom stereocenters. The quantitative estimate of drug-likeness (QED) is 0.465. The Kier molecular flexibility index (Phi) is 2.58. The standard InChI is InChI=1S/C9H12NO2/c1-7(2)10(11)9-6-4-5-8(3)12-9/h4,6-7H,1-3H3/q-1. The van der Waals surface area contributed by atoms with Crippen LogP contribution in [0.2, 0.25) is 0 Å². The van der Waals surface area contributed by atoms with E-state index in [4.69, 9.17) is 4.74 Å². The van der Waals surface area contributed by atoms with Crippen molar-refractivity contribution in [3.05, 3.63) is 34.7 Å². The normalized spacial score (nSPS) is 15.4. The van der Waals surface area contributed by atoms with Crippen LogP contribution in [0, 0.1) is 5.21 Å². The fourth-order valence-corrected chi connectivity index (χ4v) is 0.824. The predicted octanol–water partition coefficient (Wildman–Crippen LogP) is 2.13. The van der Waals surface area contributed by atoms with Gasteiger partial charge in [0.15, 0.2) is 5.88 Å². The smallest absolute Gasteiger partial charge is 0.186 e. The maximum absolute atomic E-state index is 11.3. The summed E-state index contributed by atoms with van der Waals surface area (Å²) in [5.41, 5.74) is 2.83. The Morgan fingerprint density at radius 2 is 2.25 bits per heavy atom. The second kappa shape index (κ2) is 3.48. The monoisotopic (exact) mass is 166 g/mol. The number of hydroxylamine groups is 2. The van der Waals surface area contributed by atoms with Crippen LogP contribution in [-0.4, -0.2) is 11.1 Å². The molecule has 1 aliphatic heterocycles. The van der Waals surface area contributed by atoms with Crippen LogP contribution >= 0.6 is 0 Å². The summed E-state index contributed by atoms with van der Waals surface area (Å²) in [4.78, 5) is 0. The van der Waals surface area contributed by atoms with Gasteiger partial charge >= 0.3 is 0 Å². The average Bonchev–Trinajstić information content (AvgIpc) is 2.03. The highest BCUT2D eigenvalue weighted by molar-refractivity contribution is 5.15. The molecule has 1 rings (SSSR count). The zero-order valence-corrected chi connectivity index (χ0v) is 7.50. The van der Waals surface area contributed by atoms with Crippen molar-refractivity contribution in [2.75, 3.05) is 0 Å². The summed E-state index contributed by atoms with van der Waals surface area (Å²) in [7, 11) is 0. The first-order valence-corrected chi connectivity index (χ1v) is 3.89. The number of hydrogen-bond donors (Lipinski definition) is 0. The number of allylic oxidation sites excluding steroid dienone is 2. The SMILES string of the molecule is CC1=C=CC=C(N([O-])C(C)C)O1. The molecule has 1 aliphatic rings. The van der Waals surface area contributed by atoms with Crippen molar-refractivity contribution in [3.8, 4) is 0 Å². The molecule has 0 aromatic carbocycles. The van der Waals surface area contributed by atoms with E-state index in [0.29, 0.717) is 11.6 Å². The van der Waals surface area contributed by atoms with Gasteiger partial charge in [-0.2, -0.15) is 0 Å². The van der Waals surface area contributed by atoms with E-state index in [-0.39, 0.29) is 6.04 Å². The highest BCUT2D eigenvalue weighted by atomic mass is 16.6. The Bertz CT molecular complexity index is 260. The number of hydrogen-bond acceptors (Lipinski definition) is 3.